The molecule has 26 heavy (non-hydrogen) atoms. The van der Waals surface area contributed by atoms with Crippen molar-refractivity contribution in [1.82, 2.24) is 25.5 Å². The van der Waals surface area contributed by atoms with Crippen molar-refractivity contribution in [2.45, 2.75) is 49.7 Å². The lowest BCUT2D eigenvalue weighted by Crippen LogP contribution is -2.38. The number of amides is 1. The van der Waals surface area contributed by atoms with Gasteiger partial charge in [0.05, 0.1) is 10.9 Å². The monoisotopic (exact) mass is 387 g/mol. The molecule has 0 aliphatic carbocycles. The maximum atomic E-state index is 12.2. The number of aryl methyl sites for hydroxylation is 1. The van der Waals surface area contributed by atoms with Gasteiger partial charge in [-0.2, -0.15) is 17.9 Å². The highest BCUT2D eigenvalue weighted by atomic mass is 32.2. The van der Waals surface area contributed by atoms with E-state index in [0.717, 1.165) is 36.7 Å². The topological polar surface area (TPSA) is 72.7 Å². The van der Waals surface area contributed by atoms with Gasteiger partial charge < -0.3 is 5.32 Å². The SMILES string of the molecule is CCCCc1ccc(-n2nnnc2SC(C)C(=O)NCC(F)(F)F)cc1. The van der Waals surface area contributed by atoms with Crippen LogP contribution in [0.5, 0.6) is 0 Å². The Morgan fingerprint density at radius 3 is 2.62 bits per heavy atom. The third-order valence-electron chi connectivity index (χ3n) is 3.56. The summed E-state index contributed by atoms with van der Waals surface area (Å²) in [6.07, 6.45) is -1.23. The van der Waals surface area contributed by atoms with Crippen molar-refractivity contribution < 1.29 is 18.0 Å². The number of alkyl halides is 3. The van der Waals surface area contributed by atoms with Gasteiger partial charge in [0, 0.05) is 0 Å². The summed E-state index contributed by atoms with van der Waals surface area (Å²) in [5.74, 6) is -0.725. The zero-order valence-corrected chi connectivity index (χ0v) is 15.3. The summed E-state index contributed by atoms with van der Waals surface area (Å²) in [4.78, 5) is 11.8. The maximum absolute atomic E-state index is 12.2. The largest absolute Gasteiger partial charge is 0.405 e. The first-order valence-electron chi connectivity index (χ1n) is 8.19. The van der Waals surface area contributed by atoms with Gasteiger partial charge in [-0.25, -0.2) is 0 Å². The van der Waals surface area contributed by atoms with Gasteiger partial charge in [-0.3, -0.25) is 4.79 Å². The van der Waals surface area contributed by atoms with Gasteiger partial charge in [-0.1, -0.05) is 37.2 Å². The lowest BCUT2D eigenvalue weighted by Gasteiger charge is -2.13. The number of nitrogens with zero attached hydrogens (tertiary/aromatic N) is 4. The van der Waals surface area contributed by atoms with E-state index in [4.69, 9.17) is 0 Å². The minimum atomic E-state index is -4.44. The highest BCUT2D eigenvalue weighted by molar-refractivity contribution is 8.00. The van der Waals surface area contributed by atoms with Gasteiger partial charge in [0.1, 0.15) is 6.54 Å². The van der Waals surface area contributed by atoms with Crippen molar-refractivity contribution >= 4 is 17.7 Å². The molecule has 2 rings (SSSR count). The minimum Gasteiger partial charge on any atom is -0.346 e. The number of benzene rings is 1. The Morgan fingerprint density at radius 2 is 2.00 bits per heavy atom. The van der Waals surface area contributed by atoms with Crippen molar-refractivity contribution in [3.8, 4) is 5.69 Å². The third-order valence-corrected chi connectivity index (χ3v) is 4.59. The van der Waals surface area contributed by atoms with Crippen LogP contribution in [-0.2, 0) is 11.2 Å². The minimum absolute atomic E-state index is 0.334. The van der Waals surface area contributed by atoms with Gasteiger partial charge in [-0.05, 0) is 47.9 Å². The highest BCUT2D eigenvalue weighted by Gasteiger charge is 2.29. The summed E-state index contributed by atoms with van der Waals surface area (Å²) in [6.45, 7) is 2.27. The molecular formula is C16H20F3N5OS. The van der Waals surface area contributed by atoms with Crippen molar-refractivity contribution in [2.24, 2.45) is 0 Å². The fourth-order valence-corrected chi connectivity index (χ4v) is 2.97. The Kier molecular flexibility index (Phi) is 7.01. The number of unbranched alkanes of at least 4 members (excludes halogenated alkanes) is 1. The number of hydrogen-bond donors (Lipinski definition) is 1. The molecule has 2 aromatic rings. The molecule has 1 heterocycles. The molecule has 0 saturated heterocycles. The van der Waals surface area contributed by atoms with Crippen LogP contribution in [0.1, 0.15) is 32.3 Å². The molecule has 1 amide bonds. The molecule has 0 radical (unpaired) electrons. The van der Waals surface area contributed by atoms with E-state index in [9.17, 15) is 18.0 Å². The molecule has 1 atom stereocenters. The molecule has 0 saturated carbocycles. The fourth-order valence-electron chi connectivity index (χ4n) is 2.14. The number of halogens is 3. The van der Waals surface area contributed by atoms with Gasteiger partial charge in [0.2, 0.25) is 11.1 Å². The quantitative estimate of drug-likeness (QED) is 0.705. The Morgan fingerprint density at radius 1 is 1.31 bits per heavy atom. The second-order valence-corrected chi connectivity index (χ2v) is 7.04. The maximum Gasteiger partial charge on any atom is 0.405 e. The van der Waals surface area contributed by atoms with Crippen molar-refractivity contribution in [2.75, 3.05) is 6.54 Å². The van der Waals surface area contributed by atoms with E-state index in [1.165, 1.54) is 17.2 Å². The first kappa shape index (κ1) is 20.2. The van der Waals surface area contributed by atoms with E-state index in [0.29, 0.717) is 5.16 Å². The molecule has 0 fully saturated rings. The lowest BCUT2D eigenvalue weighted by molar-refractivity contribution is -0.137. The molecule has 1 aromatic carbocycles. The third kappa shape index (κ3) is 6.01. The van der Waals surface area contributed by atoms with Crippen LogP contribution in [0.2, 0.25) is 0 Å². The molecule has 0 bridgehead atoms. The second kappa shape index (κ2) is 9.02. The molecule has 1 N–H and O–H groups in total. The van der Waals surface area contributed by atoms with E-state index >= 15 is 0 Å². The highest BCUT2D eigenvalue weighted by Crippen LogP contribution is 2.23. The van der Waals surface area contributed by atoms with Crippen LogP contribution in [0, 0.1) is 0 Å². The van der Waals surface area contributed by atoms with Crippen LogP contribution in [0.3, 0.4) is 0 Å². The van der Waals surface area contributed by atoms with Gasteiger partial charge >= 0.3 is 6.18 Å². The van der Waals surface area contributed by atoms with Crippen LogP contribution in [0.25, 0.3) is 5.69 Å². The predicted molar refractivity (Wildman–Crippen MR) is 92.1 cm³/mol. The Balaban J connectivity index is 2.02. The average Bonchev–Trinajstić information content (AvgIpc) is 3.05. The number of carbonyl (C=O) groups excluding carboxylic acids is 1. The van der Waals surface area contributed by atoms with Gasteiger partial charge in [-0.15, -0.1) is 5.10 Å². The Hall–Kier alpha value is -2.10. The molecule has 0 aliphatic heterocycles. The van der Waals surface area contributed by atoms with E-state index in [1.54, 1.807) is 0 Å². The van der Waals surface area contributed by atoms with Gasteiger partial charge in [0.15, 0.2) is 0 Å². The van der Waals surface area contributed by atoms with Crippen LogP contribution < -0.4 is 5.32 Å². The average molecular weight is 387 g/mol. The van der Waals surface area contributed by atoms with Crippen molar-refractivity contribution in [3.63, 3.8) is 0 Å². The fraction of sp³-hybridized carbons (Fsp3) is 0.500. The van der Waals surface area contributed by atoms with Crippen LogP contribution in [0.15, 0.2) is 29.4 Å². The normalized spacial score (nSPS) is 12.8. The number of carbonyl (C=O) groups is 1. The van der Waals surface area contributed by atoms with Crippen LogP contribution in [-0.4, -0.2) is 44.1 Å². The van der Waals surface area contributed by atoms with E-state index in [-0.39, 0.29) is 0 Å². The summed E-state index contributed by atoms with van der Waals surface area (Å²) in [7, 11) is 0. The number of tetrazole rings is 1. The smallest absolute Gasteiger partial charge is 0.346 e. The standard InChI is InChI=1S/C16H20F3N5OS/c1-3-4-5-12-6-8-13(9-7-12)24-15(21-22-23-24)26-11(2)14(25)20-10-16(17,18)19/h6-9,11H,3-5,10H2,1-2H3,(H,20,25). The van der Waals surface area contributed by atoms with E-state index in [2.05, 4.69) is 22.4 Å². The predicted octanol–water partition coefficient (Wildman–Crippen LogP) is 3.16. The molecule has 1 unspecified atom stereocenters. The second-order valence-electron chi connectivity index (χ2n) is 5.74. The molecule has 1 aromatic heterocycles. The van der Waals surface area contributed by atoms with Crippen molar-refractivity contribution in [3.05, 3.63) is 29.8 Å². The zero-order chi connectivity index (χ0) is 19.2. The number of rotatable bonds is 8. The number of nitrogens with one attached hydrogen (secondary N) is 1. The van der Waals surface area contributed by atoms with E-state index < -0.39 is 23.9 Å². The van der Waals surface area contributed by atoms with Crippen LogP contribution in [0.4, 0.5) is 13.2 Å². The summed E-state index contributed by atoms with van der Waals surface area (Å²) in [5, 5.41) is 12.8. The van der Waals surface area contributed by atoms with Crippen LogP contribution >= 0.6 is 11.8 Å². The number of aromatic nitrogens is 4. The van der Waals surface area contributed by atoms with Gasteiger partial charge in [0.25, 0.3) is 0 Å². The molecule has 0 spiro atoms. The summed E-state index contributed by atoms with van der Waals surface area (Å²) in [6, 6.07) is 7.72. The summed E-state index contributed by atoms with van der Waals surface area (Å²) >= 11 is 0.996. The summed E-state index contributed by atoms with van der Waals surface area (Å²) < 4.78 is 38.0. The molecule has 10 heteroatoms. The first-order chi connectivity index (χ1) is 12.3. The number of thioether (sulfide) groups is 1. The van der Waals surface area contributed by atoms with Crippen molar-refractivity contribution in [1.29, 1.82) is 0 Å². The first-order valence-corrected chi connectivity index (χ1v) is 9.07. The molecule has 6 nitrogen and oxygen atoms in total. The number of hydrogen-bond acceptors (Lipinski definition) is 5. The Bertz CT molecular complexity index is 717. The Labute approximate surface area is 153 Å². The lowest BCUT2D eigenvalue weighted by atomic mass is 10.1. The van der Waals surface area contributed by atoms with E-state index in [1.807, 2.05) is 29.6 Å². The molecular weight excluding hydrogens is 367 g/mol. The zero-order valence-electron chi connectivity index (χ0n) is 14.5. The molecule has 142 valence electrons. The molecule has 0 aliphatic rings. The summed E-state index contributed by atoms with van der Waals surface area (Å²) in [5.41, 5.74) is 1.93.